The zero-order valence-corrected chi connectivity index (χ0v) is 12.9. The first kappa shape index (κ1) is 14.4. The Hall–Kier alpha value is -1.51. The van der Waals surface area contributed by atoms with Gasteiger partial charge in [-0.05, 0) is 61.3 Å². The summed E-state index contributed by atoms with van der Waals surface area (Å²) in [7, 11) is 0. The van der Waals surface area contributed by atoms with Crippen molar-refractivity contribution in [2.45, 2.75) is 25.9 Å². The Labute approximate surface area is 131 Å². The van der Waals surface area contributed by atoms with Crippen LogP contribution in [0.25, 0.3) is 0 Å². The highest BCUT2D eigenvalue weighted by molar-refractivity contribution is 6.30. The average molecular weight is 301 g/mol. The van der Waals surface area contributed by atoms with Crippen molar-refractivity contribution in [2.24, 2.45) is 0 Å². The molecule has 1 aliphatic rings. The molecule has 1 saturated heterocycles. The summed E-state index contributed by atoms with van der Waals surface area (Å²) < 4.78 is 0. The zero-order chi connectivity index (χ0) is 14.5. The minimum Gasteiger partial charge on any atom is -0.381 e. The van der Waals surface area contributed by atoms with Crippen molar-refractivity contribution in [2.75, 3.05) is 18.4 Å². The fourth-order valence-electron chi connectivity index (χ4n) is 2.78. The number of benzene rings is 2. The molecular formula is C18H21ClN2. The molecule has 1 aliphatic heterocycles. The topological polar surface area (TPSA) is 15.3 Å². The van der Waals surface area contributed by atoms with Gasteiger partial charge in [-0.15, -0.1) is 0 Å². The molecule has 0 saturated carbocycles. The standard InChI is InChI=1S/C18H21ClN2/c19-17-5-3-4-16(12-17)13-20-18-8-6-15(7-9-18)14-21-10-1-2-11-21/h3-9,12,20H,1-2,10-11,13-14H2. The molecule has 3 rings (SSSR count). The molecule has 2 nitrogen and oxygen atoms in total. The summed E-state index contributed by atoms with van der Waals surface area (Å²) in [6.45, 7) is 4.37. The first-order chi connectivity index (χ1) is 10.3. The number of hydrogen-bond acceptors (Lipinski definition) is 2. The number of nitrogens with one attached hydrogen (secondary N) is 1. The molecule has 1 fully saturated rings. The van der Waals surface area contributed by atoms with Crippen LogP contribution < -0.4 is 5.32 Å². The molecule has 0 unspecified atom stereocenters. The van der Waals surface area contributed by atoms with E-state index < -0.39 is 0 Å². The van der Waals surface area contributed by atoms with E-state index in [-0.39, 0.29) is 0 Å². The second kappa shape index (κ2) is 6.97. The maximum Gasteiger partial charge on any atom is 0.0409 e. The van der Waals surface area contributed by atoms with Crippen LogP contribution in [0.1, 0.15) is 24.0 Å². The van der Waals surface area contributed by atoms with Gasteiger partial charge >= 0.3 is 0 Å². The van der Waals surface area contributed by atoms with Crippen molar-refractivity contribution in [3.05, 3.63) is 64.7 Å². The minimum atomic E-state index is 0.787. The molecule has 0 spiro atoms. The molecule has 0 amide bonds. The van der Waals surface area contributed by atoms with Gasteiger partial charge in [-0.3, -0.25) is 4.90 Å². The van der Waals surface area contributed by atoms with Gasteiger partial charge in [-0.25, -0.2) is 0 Å². The van der Waals surface area contributed by atoms with E-state index in [2.05, 4.69) is 40.5 Å². The average Bonchev–Trinajstić information content (AvgIpc) is 3.00. The first-order valence-corrected chi connectivity index (χ1v) is 7.97. The van der Waals surface area contributed by atoms with E-state index in [0.717, 1.165) is 23.8 Å². The summed E-state index contributed by atoms with van der Waals surface area (Å²) in [6, 6.07) is 16.7. The van der Waals surface area contributed by atoms with Gasteiger partial charge in [0.1, 0.15) is 0 Å². The summed E-state index contributed by atoms with van der Waals surface area (Å²) in [5.41, 5.74) is 3.74. The third-order valence-electron chi connectivity index (χ3n) is 3.94. The smallest absolute Gasteiger partial charge is 0.0409 e. The summed E-state index contributed by atoms with van der Waals surface area (Å²) in [5.74, 6) is 0. The number of likely N-dealkylation sites (tertiary alicyclic amines) is 1. The molecule has 21 heavy (non-hydrogen) atoms. The molecule has 2 aromatic carbocycles. The van der Waals surface area contributed by atoms with E-state index in [4.69, 9.17) is 11.6 Å². The Morgan fingerprint density at radius 3 is 2.43 bits per heavy atom. The fraction of sp³-hybridized carbons (Fsp3) is 0.333. The van der Waals surface area contributed by atoms with Crippen LogP contribution in [0.5, 0.6) is 0 Å². The van der Waals surface area contributed by atoms with Gasteiger partial charge in [0.2, 0.25) is 0 Å². The summed E-state index contributed by atoms with van der Waals surface area (Å²) >= 11 is 6.00. The molecule has 0 radical (unpaired) electrons. The largest absolute Gasteiger partial charge is 0.381 e. The summed E-state index contributed by atoms with van der Waals surface area (Å²) in [4.78, 5) is 2.52. The van der Waals surface area contributed by atoms with Crippen LogP contribution in [0, 0.1) is 0 Å². The lowest BCUT2D eigenvalue weighted by atomic mass is 10.2. The Balaban J connectivity index is 1.54. The van der Waals surface area contributed by atoms with Crippen molar-refractivity contribution in [1.29, 1.82) is 0 Å². The van der Waals surface area contributed by atoms with E-state index >= 15 is 0 Å². The summed E-state index contributed by atoms with van der Waals surface area (Å²) in [5, 5.41) is 4.22. The lowest BCUT2D eigenvalue weighted by Crippen LogP contribution is -2.18. The molecule has 2 aromatic rings. The molecule has 3 heteroatoms. The van der Waals surface area contributed by atoms with Crippen LogP contribution >= 0.6 is 11.6 Å². The van der Waals surface area contributed by atoms with Crippen LogP contribution in [0.3, 0.4) is 0 Å². The Kier molecular flexibility index (Phi) is 4.79. The monoisotopic (exact) mass is 300 g/mol. The van der Waals surface area contributed by atoms with Crippen molar-refractivity contribution >= 4 is 17.3 Å². The Bertz CT molecular complexity index is 574. The number of hydrogen-bond donors (Lipinski definition) is 1. The van der Waals surface area contributed by atoms with Crippen LogP contribution in [-0.4, -0.2) is 18.0 Å². The van der Waals surface area contributed by atoms with Crippen molar-refractivity contribution in [3.63, 3.8) is 0 Å². The maximum atomic E-state index is 6.00. The SMILES string of the molecule is Clc1cccc(CNc2ccc(CN3CCCC3)cc2)c1. The second-order valence-electron chi connectivity index (χ2n) is 5.66. The van der Waals surface area contributed by atoms with Crippen LogP contribution in [0.15, 0.2) is 48.5 Å². The maximum absolute atomic E-state index is 6.00. The van der Waals surface area contributed by atoms with Gasteiger partial charge in [0.15, 0.2) is 0 Å². The molecule has 0 bridgehead atoms. The molecule has 1 heterocycles. The van der Waals surface area contributed by atoms with E-state index in [1.807, 2.05) is 18.2 Å². The molecule has 0 aromatic heterocycles. The predicted octanol–water partition coefficient (Wildman–Crippen LogP) is 4.55. The summed E-state index contributed by atoms with van der Waals surface area (Å²) in [6.07, 6.45) is 2.69. The third-order valence-corrected chi connectivity index (χ3v) is 4.18. The molecule has 0 atom stereocenters. The van der Waals surface area contributed by atoms with E-state index in [1.54, 1.807) is 0 Å². The van der Waals surface area contributed by atoms with Gasteiger partial charge < -0.3 is 5.32 Å². The molecular weight excluding hydrogens is 280 g/mol. The Morgan fingerprint density at radius 1 is 0.952 bits per heavy atom. The highest BCUT2D eigenvalue weighted by Crippen LogP contribution is 2.16. The fourth-order valence-corrected chi connectivity index (χ4v) is 2.99. The predicted molar refractivity (Wildman–Crippen MR) is 89.7 cm³/mol. The Morgan fingerprint density at radius 2 is 1.71 bits per heavy atom. The van der Waals surface area contributed by atoms with Gasteiger partial charge in [0.25, 0.3) is 0 Å². The molecule has 0 aliphatic carbocycles. The van der Waals surface area contributed by atoms with Crippen LogP contribution in [0.2, 0.25) is 5.02 Å². The van der Waals surface area contributed by atoms with E-state index in [1.165, 1.54) is 37.1 Å². The van der Waals surface area contributed by atoms with Gasteiger partial charge in [-0.1, -0.05) is 35.9 Å². The number of nitrogens with zero attached hydrogens (tertiary/aromatic N) is 1. The van der Waals surface area contributed by atoms with Gasteiger partial charge in [0.05, 0.1) is 0 Å². The molecule has 1 N–H and O–H groups in total. The molecule has 110 valence electrons. The number of rotatable bonds is 5. The van der Waals surface area contributed by atoms with E-state index in [9.17, 15) is 0 Å². The van der Waals surface area contributed by atoms with Crippen molar-refractivity contribution in [1.82, 2.24) is 4.90 Å². The quantitative estimate of drug-likeness (QED) is 0.871. The lowest BCUT2D eigenvalue weighted by molar-refractivity contribution is 0.331. The number of anilines is 1. The van der Waals surface area contributed by atoms with Crippen LogP contribution in [0.4, 0.5) is 5.69 Å². The van der Waals surface area contributed by atoms with Crippen molar-refractivity contribution < 1.29 is 0 Å². The second-order valence-corrected chi connectivity index (χ2v) is 6.10. The van der Waals surface area contributed by atoms with Gasteiger partial charge in [0, 0.05) is 23.8 Å². The normalized spacial score (nSPS) is 15.3. The zero-order valence-electron chi connectivity index (χ0n) is 12.2. The first-order valence-electron chi connectivity index (χ1n) is 7.59. The number of halogens is 1. The lowest BCUT2D eigenvalue weighted by Gasteiger charge is -2.15. The van der Waals surface area contributed by atoms with E-state index in [0.29, 0.717) is 0 Å². The minimum absolute atomic E-state index is 0.787. The third kappa shape index (κ3) is 4.23. The van der Waals surface area contributed by atoms with Crippen molar-refractivity contribution in [3.8, 4) is 0 Å². The highest BCUT2D eigenvalue weighted by Gasteiger charge is 2.11. The van der Waals surface area contributed by atoms with Gasteiger partial charge in [-0.2, -0.15) is 0 Å². The highest BCUT2D eigenvalue weighted by atomic mass is 35.5. The van der Waals surface area contributed by atoms with Crippen LogP contribution in [-0.2, 0) is 13.1 Å².